The molecule has 1 saturated heterocycles. The van der Waals surface area contributed by atoms with Crippen LogP contribution < -0.4 is 10.6 Å². The van der Waals surface area contributed by atoms with Gasteiger partial charge in [0.05, 0.1) is 12.6 Å². The first-order chi connectivity index (χ1) is 9.66. The second-order valence-electron chi connectivity index (χ2n) is 5.35. The van der Waals surface area contributed by atoms with Gasteiger partial charge in [-0.2, -0.15) is 5.10 Å². The number of ether oxygens (including phenoxy) is 1. The summed E-state index contributed by atoms with van der Waals surface area (Å²) in [7, 11) is 0. The van der Waals surface area contributed by atoms with Gasteiger partial charge in [-0.3, -0.25) is 9.48 Å². The van der Waals surface area contributed by atoms with E-state index >= 15 is 0 Å². The van der Waals surface area contributed by atoms with Gasteiger partial charge in [0.15, 0.2) is 0 Å². The van der Waals surface area contributed by atoms with Crippen LogP contribution in [-0.2, 0) is 9.53 Å². The largest absolute Gasteiger partial charge is 0.381 e. The Morgan fingerprint density at radius 1 is 1.45 bits per heavy atom. The lowest BCUT2D eigenvalue weighted by atomic mass is 10.1. The molecule has 2 N–H and O–H groups in total. The maximum Gasteiger partial charge on any atom is 0.234 e. The number of hydrogen-bond acceptors (Lipinski definition) is 4. The molecule has 1 aliphatic heterocycles. The Kier molecular flexibility index (Phi) is 5.55. The van der Waals surface area contributed by atoms with E-state index in [2.05, 4.69) is 29.6 Å². The van der Waals surface area contributed by atoms with Crippen molar-refractivity contribution in [1.82, 2.24) is 20.4 Å². The van der Waals surface area contributed by atoms with Crippen molar-refractivity contribution in [2.75, 3.05) is 19.8 Å². The van der Waals surface area contributed by atoms with Crippen molar-refractivity contribution in [2.24, 2.45) is 0 Å². The molecule has 0 aliphatic carbocycles. The molecule has 0 spiro atoms. The number of hydrogen-bond donors (Lipinski definition) is 2. The van der Waals surface area contributed by atoms with E-state index in [1.165, 1.54) is 0 Å². The third kappa shape index (κ3) is 4.31. The molecule has 2 rings (SSSR count). The lowest BCUT2D eigenvalue weighted by molar-refractivity contribution is -0.121. The number of rotatable bonds is 6. The molecule has 2 heterocycles. The van der Waals surface area contributed by atoms with Crippen LogP contribution in [0.5, 0.6) is 0 Å². The fraction of sp³-hybridized carbons (Fsp3) is 0.714. The molecular formula is C14H24N4O2. The van der Waals surface area contributed by atoms with Crippen LogP contribution in [0, 0.1) is 0 Å². The van der Waals surface area contributed by atoms with E-state index < -0.39 is 0 Å². The van der Waals surface area contributed by atoms with Crippen molar-refractivity contribution in [2.45, 2.75) is 44.8 Å². The van der Waals surface area contributed by atoms with Crippen LogP contribution in [-0.4, -0.2) is 47.5 Å². The summed E-state index contributed by atoms with van der Waals surface area (Å²) in [5.41, 5.74) is 0. The zero-order valence-electron chi connectivity index (χ0n) is 12.2. The first kappa shape index (κ1) is 15.0. The standard InChI is InChI=1S/C14H24N4O2/c1-11(12(2)18-7-3-6-16-18)15-10-14(19)17-13-4-8-20-9-5-13/h3,6-7,11-13,15H,4-5,8-10H2,1-2H3,(H,17,19)/t11-,12-/m0/s1. The van der Waals surface area contributed by atoms with E-state index in [1.807, 2.05) is 16.9 Å². The predicted octanol–water partition coefficient (Wildman–Crippen LogP) is 0.717. The Morgan fingerprint density at radius 3 is 2.85 bits per heavy atom. The average Bonchev–Trinajstić information content (AvgIpc) is 2.99. The quantitative estimate of drug-likeness (QED) is 0.805. The van der Waals surface area contributed by atoms with Crippen LogP contribution in [0.25, 0.3) is 0 Å². The lowest BCUT2D eigenvalue weighted by Gasteiger charge is -2.25. The van der Waals surface area contributed by atoms with Gasteiger partial charge in [-0.1, -0.05) is 0 Å². The zero-order valence-corrected chi connectivity index (χ0v) is 12.2. The van der Waals surface area contributed by atoms with E-state index in [-0.39, 0.29) is 24.0 Å². The molecule has 1 aromatic rings. The van der Waals surface area contributed by atoms with Crippen LogP contribution in [0.3, 0.4) is 0 Å². The summed E-state index contributed by atoms with van der Waals surface area (Å²) < 4.78 is 7.17. The topological polar surface area (TPSA) is 68.2 Å². The van der Waals surface area contributed by atoms with Crippen molar-refractivity contribution < 1.29 is 9.53 Å². The van der Waals surface area contributed by atoms with Gasteiger partial charge in [-0.15, -0.1) is 0 Å². The van der Waals surface area contributed by atoms with E-state index in [1.54, 1.807) is 6.20 Å². The Hall–Kier alpha value is -1.40. The van der Waals surface area contributed by atoms with Gasteiger partial charge < -0.3 is 15.4 Å². The van der Waals surface area contributed by atoms with Crippen molar-refractivity contribution in [3.63, 3.8) is 0 Å². The minimum absolute atomic E-state index is 0.0522. The number of nitrogens with one attached hydrogen (secondary N) is 2. The first-order valence-corrected chi connectivity index (χ1v) is 7.26. The maximum absolute atomic E-state index is 11.9. The Morgan fingerprint density at radius 2 is 2.20 bits per heavy atom. The van der Waals surface area contributed by atoms with Gasteiger partial charge in [0, 0.05) is 37.7 Å². The molecule has 1 amide bonds. The summed E-state index contributed by atoms with van der Waals surface area (Å²) >= 11 is 0. The Labute approximate surface area is 119 Å². The van der Waals surface area contributed by atoms with Crippen LogP contribution in [0.15, 0.2) is 18.5 Å². The van der Waals surface area contributed by atoms with Crippen LogP contribution in [0.2, 0.25) is 0 Å². The van der Waals surface area contributed by atoms with Crippen molar-refractivity contribution in [3.8, 4) is 0 Å². The number of aromatic nitrogens is 2. The Bertz CT molecular complexity index is 401. The van der Waals surface area contributed by atoms with Crippen molar-refractivity contribution >= 4 is 5.91 Å². The van der Waals surface area contributed by atoms with E-state index in [0.717, 1.165) is 26.1 Å². The van der Waals surface area contributed by atoms with Gasteiger partial charge in [-0.25, -0.2) is 0 Å². The molecule has 20 heavy (non-hydrogen) atoms. The lowest BCUT2D eigenvalue weighted by Crippen LogP contribution is -2.45. The van der Waals surface area contributed by atoms with Crippen LogP contribution in [0.1, 0.15) is 32.7 Å². The first-order valence-electron chi connectivity index (χ1n) is 7.26. The second-order valence-corrected chi connectivity index (χ2v) is 5.35. The minimum atomic E-state index is 0.0522. The van der Waals surface area contributed by atoms with Gasteiger partial charge in [0.2, 0.25) is 5.91 Å². The molecule has 0 radical (unpaired) electrons. The molecule has 0 unspecified atom stereocenters. The fourth-order valence-corrected chi connectivity index (χ4v) is 2.30. The summed E-state index contributed by atoms with van der Waals surface area (Å²) in [4.78, 5) is 11.9. The van der Waals surface area contributed by atoms with Gasteiger partial charge in [0.25, 0.3) is 0 Å². The van der Waals surface area contributed by atoms with E-state index in [4.69, 9.17) is 4.74 Å². The Balaban J connectivity index is 1.69. The summed E-state index contributed by atoms with van der Waals surface area (Å²) in [6, 6.07) is 2.55. The third-order valence-corrected chi connectivity index (χ3v) is 3.84. The third-order valence-electron chi connectivity index (χ3n) is 3.84. The highest BCUT2D eigenvalue weighted by molar-refractivity contribution is 5.78. The highest BCUT2D eigenvalue weighted by Gasteiger charge is 2.18. The molecule has 2 atom stereocenters. The second kappa shape index (κ2) is 7.40. The summed E-state index contributed by atoms with van der Waals surface area (Å²) in [6.45, 7) is 5.97. The van der Waals surface area contributed by atoms with Crippen LogP contribution in [0.4, 0.5) is 0 Å². The van der Waals surface area contributed by atoms with Crippen LogP contribution >= 0.6 is 0 Å². The molecular weight excluding hydrogens is 256 g/mol. The highest BCUT2D eigenvalue weighted by Crippen LogP contribution is 2.09. The summed E-state index contributed by atoms with van der Waals surface area (Å²) in [6.07, 6.45) is 5.52. The molecule has 6 heteroatoms. The number of carbonyl (C=O) groups is 1. The van der Waals surface area contributed by atoms with Gasteiger partial charge >= 0.3 is 0 Å². The average molecular weight is 280 g/mol. The molecule has 6 nitrogen and oxygen atoms in total. The predicted molar refractivity (Wildman–Crippen MR) is 76.4 cm³/mol. The van der Waals surface area contributed by atoms with Gasteiger partial charge in [0.1, 0.15) is 0 Å². The summed E-state index contributed by atoms with van der Waals surface area (Å²) in [5.74, 6) is 0.0522. The molecule has 0 bridgehead atoms. The van der Waals surface area contributed by atoms with Crippen molar-refractivity contribution in [3.05, 3.63) is 18.5 Å². The molecule has 1 fully saturated rings. The normalized spacial score (nSPS) is 19.5. The number of nitrogens with zero attached hydrogens (tertiary/aromatic N) is 2. The smallest absolute Gasteiger partial charge is 0.234 e. The summed E-state index contributed by atoms with van der Waals surface area (Å²) in [5, 5.41) is 10.5. The fourth-order valence-electron chi connectivity index (χ4n) is 2.30. The monoisotopic (exact) mass is 280 g/mol. The number of carbonyl (C=O) groups excluding carboxylic acids is 1. The molecule has 1 aromatic heterocycles. The van der Waals surface area contributed by atoms with E-state index in [9.17, 15) is 4.79 Å². The maximum atomic E-state index is 11.9. The highest BCUT2D eigenvalue weighted by atomic mass is 16.5. The van der Waals surface area contributed by atoms with Crippen molar-refractivity contribution in [1.29, 1.82) is 0 Å². The zero-order chi connectivity index (χ0) is 14.4. The molecule has 112 valence electrons. The molecule has 0 saturated carbocycles. The SMILES string of the molecule is C[C@H](NCC(=O)NC1CCOCC1)[C@H](C)n1cccn1. The van der Waals surface area contributed by atoms with Gasteiger partial charge in [-0.05, 0) is 32.8 Å². The molecule has 1 aliphatic rings. The molecule has 0 aromatic carbocycles. The number of amides is 1. The van der Waals surface area contributed by atoms with E-state index in [0.29, 0.717) is 6.54 Å². The minimum Gasteiger partial charge on any atom is -0.381 e.